The molecule has 2 heterocycles. The Morgan fingerprint density at radius 3 is 2.76 bits per heavy atom. The van der Waals surface area contributed by atoms with Gasteiger partial charge in [0, 0.05) is 10.6 Å². The summed E-state index contributed by atoms with van der Waals surface area (Å²) in [5, 5.41) is 1.26. The van der Waals surface area contributed by atoms with Gasteiger partial charge in [-0.1, -0.05) is 32.0 Å². The smallest absolute Gasteiger partial charge is 0.260 e. The van der Waals surface area contributed by atoms with Crippen molar-refractivity contribution in [3.05, 3.63) is 20.8 Å². The Morgan fingerprint density at radius 2 is 2.12 bits per heavy atom. The number of nitrogens with zero attached hydrogens (tertiary/aromatic N) is 1. The van der Waals surface area contributed by atoms with Crippen molar-refractivity contribution in [3.63, 3.8) is 0 Å². The van der Waals surface area contributed by atoms with E-state index in [2.05, 4.69) is 28.5 Å². The van der Waals surface area contributed by atoms with Crippen molar-refractivity contribution in [2.75, 3.05) is 18.6 Å². The number of hydrogen-bond donors (Lipinski definition) is 2. The predicted octanol–water partition coefficient (Wildman–Crippen LogP) is 2.91. The molecule has 0 amide bonds. The molecule has 0 aliphatic carbocycles. The van der Waals surface area contributed by atoms with Crippen molar-refractivity contribution < 1.29 is 8.42 Å². The molecule has 0 aromatic carbocycles. The lowest BCUT2D eigenvalue weighted by Gasteiger charge is -2.08. The van der Waals surface area contributed by atoms with Crippen LogP contribution in [0.15, 0.2) is 9.95 Å². The van der Waals surface area contributed by atoms with Gasteiger partial charge in [0.2, 0.25) is 10.0 Å². The molecule has 0 bridgehead atoms. The average Bonchev–Trinajstić information content (AvgIpc) is 2.87. The minimum absolute atomic E-state index is 0.0696. The Kier molecular flexibility index (Phi) is 7.07. The summed E-state index contributed by atoms with van der Waals surface area (Å²) in [6.07, 6.45) is 2.46. The molecule has 0 spiro atoms. The van der Waals surface area contributed by atoms with Crippen molar-refractivity contribution in [1.82, 2.24) is 14.7 Å². The van der Waals surface area contributed by atoms with Crippen LogP contribution in [-0.4, -0.2) is 36.9 Å². The number of rotatable bonds is 9. The van der Waals surface area contributed by atoms with Gasteiger partial charge in [0.05, 0.1) is 11.1 Å². The van der Waals surface area contributed by atoms with Gasteiger partial charge in [-0.25, -0.2) is 18.1 Å². The minimum Gasteiger partial charge on any atom is -0.301 e. The molecule has 140 valence electrons. The van der Waals surface area contributed by atoms with E-state index in [1.165, 1.54) is 18.8 Å². The standard InChI is InChI=1S/C16H25N3O3S3/c1-5-10(2)9-12-11(3)24-15-13(12)14(20)18-16(19-15)23-7-6-8-25(21,22)17-4/h10,17H,5-9H2,1-4H3,(H,18,19,20). The van der Waals surface area contributed by atoms with Crippen molar-refractivity contribution in [2.45, 2.75) is 45.2 Å². The van der Waals surface area contributed by atoms with Crippen molar-refractivity contribution in [2.24, 2.45) is 5.92 Å². The molecule has 2 aromatic rings. The molecule has 2 aromatic heterocycles. The molecule has 6 nitrogen and oxygen atoms in total. The largest absolute Gasteiger partial charge is 0.301 e. The normalized spacial score (nSPS) is 13.4. The Labute approximate surface area is 156 Å². The van der Waals surface area contributed by atoms with Crippen molar-refractivity contribution in [1.29, 1.82) is 0 Å². The highest BCUT2D eigenvalue weighted by atomic mass is 32.2. The number of thioether (sulfide) groups is 1. The van der Waals surface area contributed by atoms with Gasteiger partial charge in [-0.2, -0.15) is 0 Å². The minimum atomic E-state index is -3.19. The summed E-state index contributed by atoms with van der Waals surface area (Å²) in [6.45, 7) is 6.38. The third-order valence-electron chi connectivity index (χ3n) is 4.20. The van der Waals surface area contributed by atoms with Gasteiger partial charge in [0.15, 0.2) is 5.16 Å². The van der Waals surface area contributed by atoms with Gasteiger partial charge >= 0.3 is 0 Å². The molecular formula is C16H25N3O3S3. The van der Waals surface area contributed by atoms with E-state index in [1.54, 1.807) is 11.3 Å². The molecule has 1 unspecified atom stereocenters. The van der Waals surface area contributed by atoms with Gasteiger partial charge in [0.25, 0.3) is 5.56 Å². The van der Waals surface area contributed by atoms with Gasteiger partial charge in [0.1, 0.15) is 4.83 Å². The Morgan fingerprint density at radius 1 is 1.40 bits per heavy atom. The second-order valence-electron chi connectivity index (χ2n) is 6.13. The zero-order chi connectivity index (χ0) is 18.6. The molecule has 0 aliphatic rings. The number of aromatic nitrogens is 2. The summed E-state index contributed by atoms with van der Waals surface area (Å²) in [5.74, 6) is 1.18. The molecule has 2 rings (SSSR count). The van der Waals surface area contributed by atoms with E-state index < -0.39 is 10.0 Å². The monoisotopic (exact) mass is 403 g/mol. The van der Waals surface area contributed by atoms with Crippen LogP contribution in [0, 0.1) is 12.8 Å². The van der Waals surface area contributed by atoms with E-state index in [9.17, 15) is 13.2 Å². The quantitative estimate of drug-likeness (QED) is 0.382. The molecule has 1 atom stereocenters. The Hall–Kier alpha value is -0.900. The first kappa shape index (κ1) is 20.4. The molecule has 25 heavy (non-hydrogen) atoms. The van der Waals surface area contributed by atoms with Crippen LogP contribution < -0.4 is 10.3 Å². The van der Waals surface area contributed by atoms with Crippen LogP contribution in [0.4, 0.5) is 0 Å². The fourth-order valence-electron chi connectivity index (χ4n) is 2.48. The summed E-state index contributed by atoms with van der Waals surface area (Å²) in [6, 6.07) is 0. The number of fused-ring (bicyclic) bond motifs is 1. The summed E-state index contributed by atoms with van der Waals surface area (Å²) < 4.78 is 25.1. The van der Waals surface area contributed by atoms with E-state index in [4.69, 9.17) is 0 Å². The van der Waals surface area contributed by atoms with Crippen LogP contribution >= 0.6 is 23.1 Å². The molecule has 0 fully saturated rings. The summed E-state index contributed by atoms with van der Waals surface area (Å²) >= 11 is 2.94. The lowest BCUT2D eigenvalue weighted by Crippen LogP contribution is -2.22. The molecule has 0 saturated carbocycles. The van der Waals surface area contributed by atoms with E-state index in [0.717, 1.165) is 28.1 Å². The molecule has 0 radical (unpaired) electrons. The molecule has 0 saturated heterocycles. The van der Waals surface area contributed by atoms with Gasteiger partial charge in [-0.05, 0) is 38.3 Å². The van der Waals surface area contributed by atoms with Crippen LogP contribution in [0.3, 0.4) is 0 Å². The van der Waals surface area contributed by atoms with Gasteiger partial charge < -0.3 is 4.98 Å². The second-order valence-corrected chi connectivity index (χ2v) is 10.5. The first-order valence-corrected chi connectivity index (χ1v) is 11.8. The molecule has 0 aliphatic heterocycles. The number of aryl methyl sites for hydroxylation is 1. The highest BCUT2D eigenvalue weighted by Gasteiger charge is 2.17. The van der Waals surface area contributed by atoms with E-state index in [1.807, 2.05) is 6.92 Å². The van der Waals surface area contributed by atoms with Crippen LogP contribution in [-0.2, 0) is 16.4 Å². The van der Waals surface area contributed by atoms with E-state index >= 15 is 0 Å². The number of nitrogens with one attached hydrogen (secondary N) is 2. The second kappa shape index (κ2) is 8.66. The molecule has 9 heteroatoms. The maximum atomic E-state index is 12.5. The third kappa shape index (κ3) is 5.29. The SMILES string of the molecule is CCC(C)Cc1c(C)sc2nc(SCCCS(=O)(=O)NC)[nH]c(=O)c12. The van der Waals surface area contributed by atoms with Gasteiger partial charge in [-0.3, -0.25) is 4.79 Å². The third-order valence-corrected chi connectivity index (χ3v) is 7.65. The van der Waals surface area contributed by atoms with E-state index in [-0.39, 0.29) is 11.3 Å². The van der Waals surface area contributed by atoms with Crippen LogP contribution in [0.25, 0.3) is 10.2 Å². The maximum absolute atomic E-state index is 12.5. The highest BCUT2D eigenvalue weighted by molar-refractivity contribution is 7.99. The lowest BCUT2D eigenvalue weighted by molar-refractivity contribution is 0.561. The summed E-state index contributed by atoms with van der Waals surface area (Å²) in [7, 11) is -1.78. The number of hydrogen-bond acceptors (Lipinski definition) is 6. The Balaban J connectivity index is 2.15. The first-order valence-electron chi connectivity index (χ1n) is 8.33. The topological polar surface area (TPSA) is 91.9 Å². The predicted molar refractivity (Wildman–Crippen MR) is 106 cm³/mol. The lowest BCUT2D eigenvalue weighted by atomic mass is 9.98. The number of sulfonamides is 1. The molecular weight excluding hydrogens is 378 g/mol. The summed E-state index contributed by atoms with van der Waals surface area (Å²) in [5.41, 5.74) is 1.01. The van der Waals surface area contributed by atoms with Gasteiger partial charge in [-0.15, -0.1) is 11.3 Å². The zero-order valence-electron chi connectivity index (χ0n) is 15.0. The number of H-pyrrole nitrogens is 1. The van der Waals surface area contributed by atoms with Crippen molar-refractivity contribution >= 4 is 43.3 Å². The maximum Gasteiger partial charge on any atom is 0.260 e. The summed E-state index contributed by atoms with van der Waals surface area (Å²) in [4.78, 5) is 21.9. The number of thiophene rings is 1. The zero-order valence-corrected chi connectivity index (χ0v) is 17.5. The fraction of sp³-hybridized carbons (Fsp3) is 0.625. The fourth-order valence-corrected chi connectivity index (χ4v) is 5.31. The molecule has 2 N–H and O–H groups in total. The Bertz CT molecular complexity index is 887. The van der Waals surface area contributed by atoms with E-state index in [0.29, 0.717) is 28.6 Å². The van der Waals surface area contributed by atoms with Crippen molar-refractivity contribution in [3.8, 4) is 0 Å². The number of aromatic amines is 1. The highest BCUT2D eigenvalue weighted by Crippen LogP contribution is 2.30. The van der Waals surface area contributed by atoms with Crippen LogP contribution in [0.1, 0.15) is 37.1 Å². The average molecular weight is 404 g/mol. The van der Waals surface area contributed by atoms with Crippen LogP contribution in [0.2, 0.25) is 0 Å². The van der Waals surface area contributed by atoms with Crippen LogP contribution in [0.5, 0.6) is 0 Å². The first-order chi connectivity index (χ1) is 11.8.